The van der Waals surface area contributed by atoms with Gasteiger partial charge in [-0.3, -0.25) is 9.59 Å². The van der Waals surface area contributed by atoms with Gasteiger partial charge < -0.3 is 10.4 Å². The molecule has 7 heteroatoms. The van der Waals surface area contributed by atoms with E-state index in [9.17, 15) is 19.1 Å². The van der Waals surface area contributed by atoms with Crippen LogP contribution >= 0.6 is 0 Å². The number of nitrogens with zero attached hydrogens (tertiary/aromatic N) is 2. The Morgan fingerprint density at radius 3 is 2.52 bits per heavy atom. The van der Waals surface area contributed by atoms with Gasteiger partial charge in [-0.15, -0.1) is 0 Å². The molecule has 1 aliphatic carbocycles. The quantitative estimate of drug-likeness (QED) is 0.871. The number of carbonyl (C=O) groups excluding carboxylic acids is 1. The van der Waals surface area contributed by atoms with Crippen molar-refractivity contribution in [2.75, 3.05) is 5.32 Å². The number of nitrogens with one attached hydrogen (secondary N) is 1. The third-order valence-electron chi connectivity index (χ3n) is 4.73. The minimum absolute atomic E-state index is 0.0941. The number of amides is 1. The Hall–Kier alpha value is -2.70. The van der Waals surface area contributed by atoms with E-state index in [1.54, 1.807) is 12.1 Å². The minimum Gasteiger partial charge on any atom is -0.481 e. The molecule has 0 atom stereocenters. The zero-order valence-corrected chi connectivity index (χ0v) is 14.2. The van der Waals surface area contributed by atoms with Gasteiger partial charge in [0, 0.05) is 17.8 Å². The average Bonchev–Trinajstić information content (AvgIpc) is 2.81. The van der Waals surface area contributed by atoms with E-state index >= 15 is 0 Å². The molecule has 1 amide bonds. The fourth-order valence-electron chi connectivity index (χ4n) is 3.21. The predicted molar refractivity (Wildman–Crippen MR) is 90.2 cm³/mol. The zero-order valence-electron chi connectivity index (χ0n) is 14.2. The fraction of sp³-hybridized carbons (Fsp3) is 0.389. The number of anilines is 1. The van der Waals surface area contributed by atoms with Crippen LogP contribution in [0.1, 0.15) is 37.1 Å². The van der Waals surface area contributed by atoms with Crippen LogP contribution in [0.3, 0.4) is 0 Å². The molecule has 25 heavy (non-hydrogen) atoms. The van der Waals surface area contributed by atoms with Crippen molar-refractivity contribution in [3.63, 3.8) is 0 Å². The van der Waals surface area contributed by atoms with Gasteiger partial charge in [0.05, 0.1) is 11.1 Å². The topological polar surface area (TPSA) is 84.2 Å². The second kappa shape index (κ2) is 6.31. The lowest BCUT2D eigenvalue weighted by Crippen LogP contribution is -2.41. The van der Waals surface area contributed by atoms with Gasteiger partial charge in [-0.1, -0.05) is 6.42 Å². The van der Waals surface area contributed by atoms with E-state index in [0.29, 0.717) is 24.2 Å². The molecule has 1 saturated carbocycles. The van der Waals surface area contributed by atoms with Crippen molar-refractivity contribution < 1.29 is 19.1 Å². The summed E-state index contributed by atoms with van der Waals surface area (Å²) in [6.07, 6.45) is 1.72. The Bertz CT molecular complexity index is 840. The number of aryl methyl sites for hydroxylation is 2. The number of hydrogen-bond acceptors (Lipinski definition) is 3. The van der Waals surface area contributed by atoms with Crippen molar-refractivity contribution in [3.05, 3.63) is 41.5 Å². The molecule has 2 N–H and O–H groups in total. The summed E-state index contributed by atoms with van der Waals surface area (Å²) >= 11 is 0. The molecule has 1 fully saturated rings. The van der Waals surface area contributed by atoms with E-state index in [4.69, 9.17) is 0 Å². The fourth-order valence-corrected chi connectivity index (χ4v) is 3.21. The van der Waals surface area contributed by atoms with Crippen LogP contribution < -0.4 is 5.32 Å². The minimum atomic E-state index is -0.966. The standard InChI is InChI=1S/C18H20FN3O3/c1-11-8-12(2)22(21-11)15-5-4-13(9-14(15)19)20-16(23)10-18(17(24)25)6-3-7-18/h4-5,8-9H,3,6-7,10H2,1-2H3,(H,20,23)(H,24,25). The van der Waals surface area contributed by atoms with Crippen LogP contribution in [-0.4, -0.2) is 26.8 Å². The lowest BCUT2D eigenvalue weighted by molar-refractivity contribution is -0.157. The number of hydrogen-bond donors (Lipinski definition) is 2. The van der Waals surface area contributed by atoms with E-state index in [2.05, 4.69) is 10.4 Å². The molecule has 1 aliphatic rings. The molecule has 0 aliphatic heterocycles. The number of rotatable bonds is 5. The summed E-state index contributed by atoms with van der Waals surface area (Å²) in [5.41, 5.74) is 1.22. The zero-order chi connectivity index (χ0) is 18.2. The first kappa shape index (κ1) is 17.1. The van der Waals surface area contributed by atoms with Gasteiger partial charge in [-0.2, -0.15) is 5.10 Å². The molecule has 0 unspecified atom stereocenters. The first-order chi connectivity index (χ1) is 11.8. The Balaban J connectivity index is 1.74. The number of carboxylic acid groups (broad SMARTS) is 1. The van der Waals surface area contributed by atoms with Crippen LogP contribution in [0.5, 0.6) is 0 Å². The van der Waals surface area contributed by atoms with Gasteiger partial charge in [0.2, 0.25) is 5.91 Å². The highest BCUT2D eigenvalue weighted by molar-refractivity contribution is 5.94. The second-order valence-corrected chi connectivity index (χ2v) is 6.67. The molecule has 6 nitrogen and oxygen atoms in total. The third-order valence-corrected chi connectivity index (χ3v) is 4.73. The summed E-state index contributed by atoms with van der Waals surface area (Å²) in [4.78, 5) is 23.5. The Morgan fingerprint density at radius 1 is 1.32 bits per heavy atom. The summed E-state index contributed by atoms with van der Waals surface area (Å²) in [5.74, 6) is -1.87. The molecule has 1 aromatic heterocycles. The monoisotopic (exact) mass is 345 g/mol. The summed E-state index contributed by atoms with van der Waals surface area (Å²) in [6.45, 7) is 3.66. The molecule has 0 bridgehead atoms. The highest BCUT2D eigenvalue weighted by Gasteiger charge is 2.45. The normalized spacial score (nSPS) is 15.5. The number of carbonyl (C=O) groups is 2. The van der Waals surface area contributed by atoms with Crippen LogP contribution in [0.2, 0.25) is 0 Å². The average molecular weight is 345 g/mol. The van der Waals surface area contributed by atoms with Crippen molar-refractivity contribution in [2.45, 2.75) is 39.5 Å². The maximum Gasteiger partial charge on any atom is 0.310 e. The van der Waals surface area contributed by atoms with E-state index < -0.39 is 23.1 Å². The van der Waals surface area contributed by atoms with Gasteiger partial charge in [0.15, 0.2) is 5.82 Å². The highest BCUT2D eigenvalue weighted by Crippen LogP contribution is 2.44. The summed E-state index contributed by atoms with van der Waals surface area (Å²) in [6, 6.07) is 6.19. The van der Waals surface area contributed by atoms with Gasteiger partial charge in [-0.25, -0.2) is 9.07 Å². The molecule has 132 valence electrons. The third kappa shape index (κ3) is 3.26. The van der Waals surface area contributed by atoms with E-state index in [1.165, 1.54) is 10.7 Å². The van der Waals surface area contributed by atoms with Gasteiger partial charge in [-0.05, 0) is 51.0 Å². The lowest BCUT2D eigenvalue weighted by Gasteiger charge is -2.36. The highest BCUT2D eigenvalue weighted by atomic mass is 19.1. The molecule has 1 aromatic carbocycles. The molecule has 3 rings (SSSR count). The van der Waals surface area contributed by atoms with E-state index in [-0.39, 0.29) is 6.42 Å². The molecule has 0 spiro atoms. The Morgan fingerprint density at radius 2 is 2.04 bits per heavy atom. The van der Waals surface area contributed by atoms with Crippen molar-refractivity contribution >= 4 is 17.6 Å². The van der Waals surface area contributed by atoms with Crippen LogP contribution in [0.4, 0.5) is 10.1 Å². The van der Waals surface area contributed by atoms with Crippen molar-refractivity contribution in [1.29, 1.82) is 0 Å². The number of aromatic nitrogens is 2. The molecule has 0 saturated heterocycles. The Kier molecular flexibility index (Phi) is 4.32. The van der Waals surface area contributed by atoms with Crippen molar-refractivity contribution in [1.82, 2.24) is 9.78 Å². The smallest absolute Gasteiger partial charge is 0.310 e. The molecule has 2 aromatic rings. The number of carboxylic acids is 1. The second-order valence-electron chi connectivity index (χ2n) is 6.67. The van der Waals surface area contributed by atoms with Crippen LogP contribution in [0.25, 0.3) is 5.69 Å². The van der Waals surface area contributed by atoms with Crippen molar-refractivity contribution in [2.24, 2.45) is 5.41 Å². The number of halogens is 1. The largest absolute Gasteiger partial charge is 0.481 e. The SMILES string of the molecule is Cc1cc(C)n(-c2ccc(NC(=O)CC3(C(=O)O)CCC3)cc2F)n1. The summed E-state index contributed by atoms with van der Waals surface area (Å²) in [7, 11) is 0. The number of benzene rings is 1. The predicted octanol–water partition coefficient (Wildman–Crippen LogP) is 3.21. The first-order valence-corrected chi connectivity index (χ1v) is 8.17. The lowest BCUT2D eigenvalue weighted by atomic mass is 9.66. The van der Waals surface area contributed by atoms with Crippen LogP contribution in [-0.2, 0) is 9.59 Å². The van der Waals surface area contributed by atoms with E-state index in [0.717, 1.165) is 17.8 Å². The van der Waals surface area contributed by atoms with Crippen molar-refractivity contribution in [3.8, 4) is 5.69 Å². The van der Waals surface area contributed by atoms with Gasteiger partial charge in [0.25, 0.3) is 0 Å². The van der Waals surface area contributed by atoms with Crippen LogP contribution in [0.15, 0.2) is 24.3 Å². The summed E-state index contributed by atoms with van der Waals surface area (Å²) in [5, 5.41) is 16.1. The van der Waals surface area contributed by atoms with Crippen LogP contribution in [0, 0.1) is 25.1 Å². The molecule has 0 radical (unpaired) electrons. The molecular weight excluding hydrogens is 325 g/mol. The van der Waals surface area contributed by atoms with Gasteiger partial charge >= 0.3 is 5.97 Å². The summed E-state index contributed by atoms with van der Waals surface area (Å²) < 4.78 is 15.9. The van der Waals surface area contributed by atoms with E-state index in [1.807, 2.05) is 19.9 Å². The maximum absolute atomic E-state index is 14.4. The molecular formula is C18H20FN3O3. The molecule has 1 heterocycles. The Labute approximate surface area is 144 Å². The maximum atomic E-state index is 14.4. The van der Waals surface area contributed by atoms with Gasteiger partial charge in [0.1, 0.15) is 5.69 Å². The number of aliphatic carboxylic acids is 1. The first-order valence-electron chi connectivity index (χ1n) is 8.17.